The average Bonchev–Trinajstić information content (AvgIpc) is 2.91. The Morgan fingerprint density at radius 1 is 0.216 bits per heavy atom. The van der Waals surface area contributed by atoms with E-state index in [0.29, 0.717) is 0 Å². The molecule has 0 aliphatic rings. The molecule has 0 aliphatic carbocycles. The van der Waals surface area contributed by atoms with Gasteiger partial charge in [0.1, 0.15) is 0 Å². The monoisotopic (exact) mass is 521 g/mol. The highest BCUT2D eigenvalue weighted by atomic mass is 14.8. The van der Waals surface area contributed by atoms with Crippen molar-refractivity contribution < 1.29 is 0 Å². The third-order valence-electron chi connectivity index (χ3n) is 8.34. The van der Waals surface area contributed by atoms with Crippen LogP contribution in [0.1, 0.15) is 219 Å². The van der Waals surface area contributed by atoms with Crippen molar-refractivity contribution in [2.75, 3.05) is 13.1 Å². The van der Waals surface area contributed by atoms with Crippen molar-refractivity contribution in [3.8, 4) is 0 Å². The van der Waals surface area contributed by atoms with Crippen LogP contribution in [-0.4, -0.2) is 13.1 Å². The molecule has 0 saturated carbocycles. The van der Waals surface area contributed by atoms with Crippen LogP contribution in [0, 0.1) is 0 Å². The molecule has 0 N–H and O–H groups in total. The van der Waals surface area contributed by atoms with E-state index in [1.807, 2.05) is 0 Å². The molecule has 0 rings (SSSR count). The third-order valence-corrected chi connectivity index (χ3v) is 8.34. The normalized spacial score (nSPS) is 11.5. The highest BCUT2D eigenvalue weighted by molar-refractivity contribution is 4.54. The topological polar surface area (TPSA) is 14.1 Å². The summed E-state index contributed by atoms with van der Waals surface area (Å²) in [4.78, 5) is 0. The van der Waals surface area contributed by atoms with Crippen molar-refractivity contribution >= 4 is 0 Å². The summed E-state index contributed by atoms with van der Waals surface area (Å²) in [5.74, 6) is 0. The van der Waals surface area contributed by atoms with Gasteiger partial charge in [0.2, 0.25) is 0 Å². The maximum atomic E-state index is 4.78. The summed E-state index contributed by atoms with van der Waals surface area (Å²) >= 11 is 0. The summed E-state index contributed by atoms with van der Waals surface area (Å²) < 4.78 is 0. The minimum Gasteiger partial charge on any atom is -0.242 e. The van der Waals surface area contributed by atoms with Crippen molar-refractivity contribution in [3.63, 3.8) is 0 Å². The van der Waals surface area contributed by atoms with Crippen LogP contribution in [0.4, 0.5) is 0 Å². The van der Waals surface area contributed by atoms with Crippen molar-refractivity contribution in [2.45, 2.75) is 219 Å². The van der Waals surface area contributed by atoms with Gasteiger partial charge in [0.15, 0.2) is 0 Å². The van der Waals surface area contributed by atoms with Crippen LogP contribution in [0.2, 0.25) is 0 Å². The Morgan fingerprint density at radius 2 is 0.378 bits per heavy atom. The predicted octanol–water partition coefficient (Wildman–Crippen LogP) is 13.1. The second-order valence-electron chi connectivity index (χ2n) is 12.3. The zero-order valence-corrected chi connectivity index (χ0v) is 26.5. The van der Waals surface area contributed by atoms with Gasteiger partial charge in [0.25, 0.3) is 0 Å². The molecule has 0 aliphatic heterocycles. The van der Waals surface area contributed by atoms with Gasteiger partial charge in [-0.2, -0.15) is 0 Å². The van der Waals surface area contributed by atoms with Gasteiger partial charge in [-0.15, -0.1) is 0 Å². The van der Waals surface area contributed by atoms with Crippen molar-refractivity contribution in [1.82, 2.24) is 5.32 Å². The second kappa shape index (κ2) is 36.0. The van der Waals surface area contributed by atoms with E-state index in [0.717, 1.165) is 13.1 Å². The molecule has 0 aromatic rings. The van der Waals surface area contributed by atoms with Crippen LogP contribution in [0.3, 0.4) is 0 Å². The Morgan fingerprint density at radius 3 is 0.568 bits per heavy atom. The number of nitrogens with zero attached hydrogens (tertiary/aromatic N) is 1. The molecule has 0 heterocycles. The first-order valence-electron chi connectivity index (χ1n) is 18.0. The fourth-order valence-electron chi connectivity index (χ4n) is 5.66. The van der Waals surface area contributed by atoms with Crippen LogP contribution in [0.5, 0.6) is 0 Å². The summed E-state index contributed by atoms with van der Waals surface area (Å²) in [6, 6.07) is 0. The lowest BCUT2D eigenvalue weighted by molar-refractivity contribution is 0.513. The van der Waals surface area contributed by atoms with Crippen molar-refractivity contribution in [3.05, 3.63) is 0 Å². The Kier molecular flexibility index (Phi) is 35.9. The second-order valence-corrected chi connectivity index (χ2v) is 12.3. The molecule has 0 bridgehead atoms. The molecule has 0 aromatic heterocycles. The quantitative estimate of drug-likeness (QED) is 0.0749. The standard InChI is InChI=1S/C36H74N/c1-3-5-7-9-11-13-15-17-19-21-23-25-27-29-31-33-35-37-36-34-32-30-28-26-24-22-20-18-16-14-12-10-8-6-4-2/h3-36H2,1-2H3. The lowest BCUT2D eigenvalue weighted by atomic mass is 10.0. The van der Waals surface area contributed by atoms with Gasteiger partial charge < -0.3 is 0 Å². The number of hydrogen-bond acceptors (Lipinski definition) is 0. The van der Waals surface area contributed by atoms with E-state index in [1.54, 1.807) is 0 Å². The Bertz CT molecular complexity index is 332. The van der Waals surface area contributed by atoms with Gasteiger partial charge in [-0.3, -0.25) is 0 Å². The summed E-state index contributed by atoms with van der Waals surface area (Å²) in [6.45, 7) is 6.85. The van der Waals surface area contributed by atoms with Gasteiger partial charge in [-0.05, 0) is 12.8 Å². The zero-order chi connectivity index (χ0) is 26.7. The molecule has 0 atom stereocenters. The van der Waals surface area contributed by atoms with Crippen LogP contribution < -0.4 is 5.32 Å². The average molecular weight is 521 g/mol. The van der Waals surface area contributed by atoms with Gasteiger partial charge in [-0.1, -0.05) is 206 Å². The van der Waals surface area contributed by atoms with Crippen molar-refractivity contribution in [2.24, 2.45) is 0 Å². The highest BCUT2D eigenvalue weighted by Gasteiger charge is 1.97. The fraction of sp³-hybridized carbons (Fsp3) is 1.00. The maximum Gasteiger partial charge on any atom is 0.0133 e. The molecule has 0 fully saturated rings. The molecular formula is C36H74N. The van der Waals surface area contributed by atoms with Crippen LogP contribution >= 0.6 is 0 Å². The Hall–Kier alpha value is -0.0400. The molecule has 0 spiro atoms. The molecule has 1 heteroatoms. The summed E-state index contributed by atoms with van der Waals surface area (Å²) in [6.07, 6.45) is 46.4. The minimum absolute atomic E-state index is 1.12. The predicted molar refractivity (Wildman–Crippen MR) is 171 cm³/mol. The molecular weight excluding hydrogens is 446 g/mol. The van der Waals surface area contributed by atoms with Gasteiger partial charge in [0, 0.05) is 13.1 Å². The van der Waals surface area contributed by atoms with Crippen LogP contribution in [0.15, 0.2) is 0 Å². The molecule has 0 saturated heterocycles. The fourth-order valence-corrected chi connectivity index (χ4v) is 5.66. The van der Waals surface area contributed by atoms with E-state index >= 15 is 0 Å². The van der Waals surface area contributed by atoms with E-state index in [1.165, 1.54) is 205 Å². The van der Waals surface area contributed by atoms with E-state index in [-0.39, 0.29) is 0 Å². The first-order chi connectivity index (χ1) is 18.4. The Labute approximate surface area is 237 Å². The summed E-state index contributed by atoms with van der Waals surface area (Å²) in [7, 11) is 0. The molecule has 223 valence electrons. The lowest BCUT2D eigenvalue weighted by Crippen LogP contribution is -2.08. The Balaban J connectivity index is 3.00. The number of unbranched alkanes of at least 4 members (excludes halogenated alkanes) is 30. The molecule has 1 radical (unpaired) electrons. The first-order valence-corrected chi connectivity index (χ1v) is 18.0. The van der Waals surface area contributed by atoms with E-state index in [2.05, 4.69) is 13.8 Å². The van der Waals surface area contributed by atoms with E-state index in [4.69, 9.17) is 5.32 Å². The smallest absolute Gasteiger partial charge is 0.0133 e. The van der Waals surface area contributed by atoms with Gasteiger partial charge >= 0.3 is 0 Å². The minimum atomic E-state index is 1.12. The highest BCUT2D eigenvalue weighted by Crippen LogP contribution is 2.15. The van der Waals surface area contributed by atoms with E-state index in [9.17, 15) is 0 Å². The summed E-state index contributed by atoms with van der Waals surface area (Å²) in [5.41, 5.74) is 0. The van der Waals surface area contributed by atoms with Crippen LogP contribution in [0.25, 0.3) is 0 Å². The third kappa shape index (κ3) is 36.0. The molecule has 1 nitrogen and oxygen atoms in total. The molecule has 0 unspecified atom stereocenters. The molecule has 0 aromatic carbocycles. The van der Waals surface area contributed by atoms with Crippen LogP contribution in [-0.2, 0) is 0 Å². The number of rotatable bonds is 34. The van der Waals surface area contributed by atoms with Crippen molar-refractivity contribution in [1.29, 1.82) is 0 Å². The van der Waals surface area contributed by atoms with E-state index < -0.39 is 0 Å². The van der Waals surface area contributed by atoms with Gasteiger partial charge in [0.05, 0.1) is 0 Å². The SMILES string of the molecule is CCCCCCCCCCCCCCCCCC[N]CCCCCCCCCCCCCCCCCC. The van der Waals surface area contributed by atoms with Gasteiger partial charge in [-0.25, -0.2) is 5.32 Å². The summed E-state index contributed by atoms with van der Waals surface area (Å²) in [5, 5.41) is 4.78. The number of hydrogen-bond donors (Lipinski definition) is 0. The largest absolute Gasteiger partial charge is 0.242 e. The first kappa shape index (κ1) is 37.0. The lowest BCUT2D eigenvalue weighted by Gasteiger charge is -2.05. The molecule has 0 amide bonds. The zero-order valence-electron chi connectivity index (χ0n) is 26.5. The maximum absolute atomic E-state index is 4.78. The molecule has 37 heavy (non-hydrogen) atoms.